The van der Waals surface area contributed by atoms with Gasteiger partial charge in [0.1, 0.15) is 0 Å². The lowest BCUT2D eigenvalue weighted by atomic mass is 10.2. The molecule has 1 aliphatic rings. The maximum Gasteiger partial charge on any atom is 0.217 e. The lowest BCUT2D eigenvalue weighted by Gasteiger charge is -2.27. The zero-order valence-electron chi connectivity index (χ0n) is 9.37. The molecule has 0 radical (unpaired) electrons. The minimum absolute atomic E-state index is 0.724. The van der Waals surface area contributed by atoms with E-state index in [-0.39, 0.29) is 0 Å². The van der Waals surface area contributed by atoms with Crippen molar-refractivity contribution in [3.8, 4) is 5.88 Å². The van der Waals surface area contributed by atoms with Crippen molar-refractivity contribution in [2.45, 2.75) is 6.54 Å². The maximum absolute atomic E-state index is 5.27. The molecule has 0 aromatic carbocycles. The first kappa shape index (κ1) is 11.8. The molecule has 0 aliphatic carbocycles. The number of nitrogens with one attached hydrogen (secondary N) is 1. The van der Waals surface area contributed by atoms with Crippen LogP contribution in [0, 0.1) is 0 Å². The van der Waals surface area contributed by atoms with Crippen LogP contribution in [0.2, 0.25) is 0 Å². The van der Waals surface area contributed by atoms with Crippen LogP contribution in [-0.2, 0) is 6.54 Å². The van der Waals surface area contributed by atoms with Crippen molar-refractivity contribution in [1.82, 2.24) is 15.2 Å². The summed E-state index contributed by atoms with van der Waals surface area (Å²) < 4.78 is 6.27. The zero-order chi connectivity index (χ0) is 11.4. The molecule has 0 atom stereocenters. The summed E-state index contributed by atoms with van der Waals surface area (Å²) in [6.07, 6.45) is 1.76. The summed E-state index contributed by atoms with van der Waals surface area (Å²) in [4.78, 5) is 6.66. The summed E-state index contributed by atoms with van der Waals surface area (Å²) in [7, 11) is 1.66. The molecule has 2 rings (SSSR count). The summed E-state index contributed by atoms with van der Waals surface area (Å²) in [6.45, 7) is 5.18. The third-order valence-electron chi connectivity index (χ3n) is 2.69. The molecule has 1 N–H and O–H groups in total. The summed E-state index contributed by atoms with van der Waals surface area (Å²) in [5.74, 6) is 0.724. The van der Waals surface area contributed by atoms with Crippen molar-refractivity contribution >= 4 is 15.9 Å². The Morgan fingerprint density at radius 1 is 1.50 bits per heavy atom. The first-order chi connectivity index (χ1) is 7.79. The van der Waals surface area contributed by atoms with Crippen LogP contribution in [0.3, 0.4) is 0 Å². The number of hydrogen-bond acceptors (Lipinski definition) is 4. The Labute approximate surface area is 104 Å². The molecular formula is C11H16BrN3O. The minimum Gasteiger partial charge on any atom is -0.481 e. The second kappa shape index (κ2) is 5.61. The number of methoxy groups -OCH3 is 1. The number of halogens is 1. The predicted octanol–water partition coefficient (Wildman–Crippen LogP) is 1.26. The molecule has 0 unspecified atom stereocenters. The summed E-state index contributed by atoms with van der Waals surface area (Å²) in [6, 6.07) is 2.08. The third-order valence-corrected chi connectivity index (χ3v) is 3.12. The van der Waals surface area contributed by atoms with E-state index < -0.39 is 0 Å². The van der Waals surface area contributed by atoms with Gasteiger partial charge >= 0.3 is 0 Å². The molecule has 1 aliphatic heterocycles. The molecule has 0 bridgehead atoms. The van der Waals surface area contributed by atoms with Gasteiger partial charge in [-0.15, -0.1) is 0 Å². The number of ether oxygens (including phenoxy) is 1. The average molecular weight is 286 g/mol. The normalized spacial score (nSPS) is 17.4. The summed E-state index contributed by atoms with van der Waals surface area (Å²) >= 11 is 3.44. The highest BCUT2D eigenvalue weighted by Gasteiger charge is 2.13. The topological polar surface area (TPSA) is 37.4 Å². The molecule has 16 heavy (non-hydrogen) atoms. The van der Waals surface area contributed by atoms with E-state index in [0.29, 0.717) is 0 Å². The van der Waals surface area contributed by atoms with Crippen molar-refractivity contribution in [3.05, 3.63) is 22.3 Å². The van der Waals surface area contributed by atoms with Crippen molar-refractivity contribution in [2.24, 2.45) is 0 Å². The van der Waals surface area contributed by atoms with Gasteiger partial charge in [-0.1, -0.05) is 0 Å². The first-order valence-corrected chi connectivity index (χ1v) is 6.20. The molecule has 1 fully saturated rings. The maximum atomic E-state index is 5.27. The van der Waals surface area contributed by atoms with E-state index in [4.69, 9.17) is 4.74 Å². The molecule has 1 aromatic heterocycles. The highest BCUT2D eigenvalue weighted by molar-refractivity contribution is 9.10. The molecule has 1 saturated heterocycles. The Morgan fingerprint density at radius 3 is 2.94 bits per heavy atom. The van der Waals surface area contributed by atoms with Crippen molar-refractivity contribution in [3.63, 3.8) is 0 Å². The SMILES string of the molecule is COc1ncc(Br)cc1CN1CCNCC1. The van der Waals surface area contributed by atoms with E-state index in [1.165, 1.54) is 0 Å². The number of aromatic nitrogens is 1. The Morgan fingerprint density at radius 2 is 2.25 bits per heavy atom. The molecule has 0 amide bonds. The third kappa shape index (κ3) is 2.93. The fourth-order valence-electron chi connectivity index (χ4n) is 1.88. The fraction of sp³-hybridized carbons (Fsp3) is 0.545. The standard InChI is InChI=1S/C11H16BrN3O/c1-16-11-9(6-10(12)7-14-11)8-15-4-2-13-3-5-15/h6-7,13H,2-5,8H2,1H3. The van der Waals surface area contributed by atoms with E-state index >= 15 is 0 Å². The van der Waals surface area contributed by atoms with Gasteiger partial charge in [0.25, 0.3) is 0 Å². The summed E-state index contributed by atoms with van der Waals surface area (Å²) in [5.41, 5.74) is 1.14. The van der Waals surface area contributed by atoms with Crippen LogP contribution in [-0.4, -0.2) is 43.2 Å². The van der Waals surface area contributed by atoms with Gasteiger partial charge in [-0.3, -0.25) is 4.90 Å². The average Bonchev–Trinajstić information content (AvgIpc) is 2.31. The van der Waals surface area contributed by atoms with Crippen LogP contribution in [0.15, 0.2) is 16.7 Å². The van der Waals surface area contributed by atoms with Gasteiger partial charge in [-0.05, 0) is 22.0 Å². The van der Waals surface area contributed by atoms with Crippen molar-refractivity contribution in [2.75, 3.05) is 33.3 Å². The molecule has 4 nitrogen and oxygen atoms in total. The van der Waals surface area contributed by atoms with Crippen molar-refractivity contribution in [1.29, 1.82) is 0 Å². The van der Waals surface area contributed by atoms with Crippen LogP contribution in [0.5, 0.6) is 5.88 Å². The fourth-order valence-corrected chi connectivity index (χ4v) is 2.25. The second-order valence-corrected chi connectivity index (χ2v) is 4.76. The molecular weight excluding hydrogens is 270 g/mol. The van der Waals surface area contributed by atoms with Gasteiger partial charge < -0.3 is 10.1 Å². The lowest BCUT2D eigenvalue weighted by Crippen LogP contribution is -2.42. The number of pyridine rings is 1. The molecule has 0 spiro atoms. The Hall–Kier alpha value is -0.650. The molecule has 5 heteroatoms. The van der Waals surface area contributed by atoms with Crippen molar-refractivity contribution < 1.29 is 4.74 Å². The minimum atomic E-state index is 0.724. The van der Waals surface area contributed by atoms with Crippen LogP contribution in [0.1, 0.15) is 5.56 Å². The highest BCUT2D eigenvalue weighted by atomic mass is 79.9. The Balaban J connectivity index is 2.09. The highest BCUT2D eigenvalue weighted by Crippen LogP contribution is 2.21. The van der Waals surface area contributed by atoms with Crippen LogP contribution in [0.25, 0.3) is 0 Å². The Bertz CT molecular complexity index is 353. The lowest BCUT2D eigenvalue weighted by molar-refractivity contribution is 0.229. The van der Waals surface area contributed by atoms with Gasteiger partial charge in [0.2, 0.25) is 5.88 Å². The second-order valence-electron chi connectivity index (χ2n) is 3.85. The van der Waals surface area contributed by atoms with Gasteiger partial charge in [0.05, 0.1) is 7.11 Å². The number of nitrogens with zero attached hydrogens (tertiary/aromatic N) is 2. The van der Waals surface area contributed by atoms with Crippen LogP contribution >= 0.6 is 15.9 Å². The van der Waals surface area contributed by atoms with Crippen LogP contribution < -0.4 is 10.1 Å². The van der Waals surface area contributed by atoms with E-state index in [9.17, 15) is 0 Å². The molecule has 2 heterocycles. The van der Waals surface area contributed by atoms with E-state index in [1.807, 2.05) is 0 Å². The van der Waals surface area contributed by atoms with Crippen LogP contribution in [0.4, 0.5) is 0 Å². The van der Waals surface area contributed by atoms with Gasteiger partial charge in [0.15, 0.2) is 0 Å². The molecule has 88 valence electrons. The van der Waals surface area contributed by atoms with E-state index in [2.05, 4.69) is 37.2 Å². The van der Waals surface area contributed by atoms with Gasteiger partial charge in [-0.2, -0.15) is 0 Å². The smallest absolute Gasteiger partial charge is 0.217 e. The van der Waals surface area contributed by atoms with Gasteiger partial charge in [0, 0.05) is 49.0 Å². The van der Waals surface area contributed by atoms with Gasteiger partial charge in [-0.25, -0.2) is 4.98 Å². The largest absolute Gasteiger partial charge is 0.481 e. The summed E-state index contributed by atoms with van der Waals surface area (Å²) in [5, 5.41) is 3.34. The van der Waals surface area contributed by atoms with E-state index in [1.54, 1.807) is 13.3 Å². The quantitative estimate of drug-likeness (QED) is 0.907. The Kier molecular flexibility index (Phi) is 4.15. The number of rotatable bonds is 3. The van der Waals surface area contributed by atoms with E-state index in [0.717, 1.165) is 48.6 Å². The zero-order valence-corrected chi connectivity index (χ0v) is 11.0. The molecule has 1 aromatic rings. The first-order valence-electron chi connectivity index (χ1n) is 5.41. The molecule has 0 saturated carbocycles. The number of piperazine rings is 1. The predicted molar refractivity (Wildman–Crippen MR) is 66.6 cm³/mol. The number of hydrogen-bond donors (Lipinski definition) is 1. The monoisotopic (exact) mass is 285 g/mol.